The van der Waals surface area contributed by atoms with Gasteiger partial charge in [-0.15, -0.1) is 0 Å². The molecule has 1 aromatic rings. The summed E-state index contributed by atoms with van der Waals surface area (Å²) in [5.41, 5.74) is 2.83. The largest absolute Gasteiger partial charge is 0.308 e. The Hall–Kier alpha value is -0.860. The van der Waals surface area contributed by atoms with E-state index in [-0.39, 0.29) is 0 Å². The van der Waals surface area contributed by atoms with Gasteiger partial charge >= 0.3 is 0 Å². The number of hydrogen-bond donors (Lipinski definition) is 1. The van der Waals surface area contributed by atoms with Gasteiger partial charge in [0.15, 0.2) is 0 Å². The predicted octanol–water partition coefficient (Wildman–Crippen LogP) is 4.27. The first kappa shape index (κ1) is 18.2. The lowest BCUT2D eigenvalue weighted by Gasteiger charge is -2.29. The molecule has 120 valence electrons. The number of rotatable bonds is 9. The molecule has 0 fully saturated rings. The summed E-state index contributed by atoms with van der Waals surface area (Å²) in [6, 6.07) is 10.2. The van der Waals surface area contributed by atoms with Gasteiger partial charge in [0.1, 0.15) is 0 Å². The molecular weight excluding hydrogens is 256 g/mol. The Bertz CT molecular complexity index is 381. The van der Waals surface area contributed by atoms with Crippen LogP contribution in [0.15, 0.2) is 24.3 Å². The van der Waals surface area contributed by atoms with Gasteiger partial charge in [-0.1, -0.05) is 52.0 Å². The first-order chi connectivity index (χ1) is 9.97. The number of nitrogens with zero attached hydrogens (tertiary/aromatic N) is 1. The average Bonchev–Trinajstić information content (AvgIpc) is 2.46. The molecule has 0 aliphatic carbocycles. The molecule has 0 saturated carbocycles. The second kappa shape index (κ2) is 9.22. The summed E-state index contributed by atoms with van der Waals surface area (Å²) < 4.78 is 0. The van der Waals surface area contributed by atoms with Crippen molar-refractivity contribution >= 4 is 0 Å². The maximum atomic E-state index is 3.77. The summed E-state index contributed by atoms with van der Waals surface area (Å²) in [7, 11) is 4.37. The van der Waals surface area contributed by atoms with E-state index < -0.39 is 0 Å². The zero-order chi connectivity index (χ0) is 15.8. The van der Waals surface area contributed by atoms with Crippen molar-refractivity contribution in [3.8, 4) is 0 Å². The third kappa shape index (κ3) is 6.19. The van der Waals surface area contributed by atoms with Crippen molar-refractivity contribution in [1.29, 1.82) is 0 Å². The van der Waals surface area contributed by atoms with Crippen LogP contribution in [0, 0.1) is 5.92 Å². The van der Waals surface area contributed by atoms with Gasteiger partial charge in [-0.3, -0.25) is 0 Å². The fourth-order valence-electron chi connectivity index (χ4n) is 2.78. The van der Waals surface area contributed by atoms with Gasteiger partial charge in [-0.25, -0.2) is 0 Å². The lowest BCUT2D eigenvalue weighted by atomic mass is 9.99. The molecular formula is C19H34N2. The molecule has 2 heteroatoms. The van der Waals surface area contributed by atoms with Crippen molar-refractivity contribution < 1.29 is 0 Å². The van der Waals surface area contributed by atoms with Crippen LogP contribution >= 0.6 is 0 Å². The van der Waals surface area contributed by atoms with E-state index in [1.165, 1.54) is 17.5 Å². The second-order valence-corrected chi connectivity index (χ2v) is 6.71. The first-order valence-electron chi connectivity index (χ1n) is 8.46. The number of aryl methyl sites for hydroxylation is 1. The van der Waals surface area contributed by atoms with Gasteiger partial charge in [0, 0.05) is 18.6 Å². The van der Waals surface area contributed by atoms with Crippen molar-refractivity contribution in [1.82, 2.24) is 10.2 Å². The molecule has 0 saturated heterocycles. The molecule has 1 N–H and O–H groups in total. The molecule has 0 bridgehead atoms. The van der Waals surface area contributed by atoms with Crippen LogP contribution in [0.1, 0.15) is 57.7 Å². The molecule has 0 aromatic heterocycles. The van der Waals surface area contributed by atoms with Crippen LogP contribution in [0.5, 0.6) is 0 Å². The predicted molar refractivity (Wildman–Crippen MR) is 93.8 cm³/mol. The summed E-state index contributed by atoms with van der Waals surface area (Å²) in [6.45, 7) is 10.1. The van der Waals surface area contributed by atoms with E-state index in [2.05, 4.69) is 76.3 Å². The van der Waals surface area contributed by atoms with E-state index >= 15 is 0 Å². The third-order valence-electron chi connectivity index (χ3n) is 4.27. The van der Waals surface area contributed by atoms with Crippen molar-refractivity contribution in [3.63, 3.8) is 0 Å². The topological polar surface area (TPSA) is 15.3 Å². The Morgan fingerprint density at radius 3 is 2.10 bits per heavy atom. The van der Waals surface area contributed by atoms with E-state index in [1.807, 2.05) is 0 Å². The van der Waals surface area contributed by atoms with Crippen molar-refractivity contribution in [2.75, 3.05) is 20.6 Å². The number of benzene rings is 1. The molecule has 2 atom stereocenters. The highest BCUT2D eigenvalue weighted by Gasteiger charge is 2.16. The second-order valence-electron chi connectivity index (χ2n) is 6.71. The van der Waals surface area contributed by atoms with Gasteiger partial charge in [0.25, 0.3) is 0 Å². The first-order valence-corrected chi connectivity index (χ1v) is 8.46. The maximum Gasteiger partial charge on any atom is 0.0318 e. The zero-order valence-corrected chi connectivity index (χ0v) is 14.8. The van der Waals surface area contributed by atoms with E-state index in [0.717, 1.165) is 25.3 Å². The Morgan fingerprint density at radius 2 is 1.67 bits per heavy atom. The van der Waals surface area contributed by atoms with E-state index in [0.29, 0.717) is 12.1 Å². The fraction of sp³-hybridized carbons (Fsp3) is 0.684. The summed E-state index contributed by atoms with van der Waals surface area (Å²) in [5.74, 6) is 0.739. The summed E-state index contributed by atoms with van der Waals surface area (Å²) >= 11 is 0. The van der Waals surface area contributed by atoms with E-state index in [9.17, 15) is 0 Å². The van der Waals surface area contributed by atoms with Crippen LogP contribution in [0.25, 0.3) is 0 Å². The minimum Gasteiger partial charge on any atom is -0.308 e. The minimum atomic E-state index is 0.463. The van der Waals surface area contributed by atoms with Crippen LogP contribution in [-0.4, -0.2) is 31.6 Å². The maximum absolute atomic E-state index is 3.77. The molecule has 1 aromatic carbocycles. The molecule has 21 heavy (non-hydrogen) atoms. The minimum absolute atomic E-state index is 0.463. The van der Waals surface area contributed by atoms with Gasteiger partial charge in [-0.2, -0.15) is 0 Å². The Balaban J connectivity index is 2.63. The van der Waals surface area contributed by atoms with Crippen LogP contribution in [0.2, 0.25) is 0 Å². The van der Waals surface area contributed by atoms with Crippen molar-refractivity contribution in [2.45, 2.75) is 59.0 Å². The zero-order valence-electron chi connectivity index (χ0n) is 14.8. The van der Waals surface area contributed by atoms with Crippen LogP contribution in [0.3, 0.4) is 0 Å². The van der Waals surface area contributed by atoms with Crippen LogP contribution in [0.4, 0.5) is 0 Å². The van der Waals surface area contributed by atoms with Gasteiger partial charge in [0.2, 0.25) is 0 Å². The quantitative estimate of drug-likeness (QED) is 0.731. The van der Waals surface area contributed by atoms with Crippen molar-refractivity contribution in [3.05, 3.63) is 35.4 Å². The highest BCUT2D eigenvalue weighted by Crippen LogP contribution is 2.18. The van der Waals surface area contributed by atoms with E-state index in [4.69, 9.17) is 0 Å². The molecule has 0 aliphatic rings. The number of hydrogen-bond acceptors (Lipinski definition) is 2. The molecule has 0 heterocycles. The molecule has 1 rings (SSSR count). The SMILES string of the molecule is CCc1ccc(C(CC)NCC(CC(C)C)N(C)C)cc1. The van der Waals surface area contributed by atoms with Gasteiger partial charge < -0.3 is 10.2 Å². The number of likely N-dealkylation sites (N-methyl/N-ethyl adjacent to an activating group) is 1. The van der Waals surface area contributed by atoms with Crippen LogP contribution < -0.4 is 5.32 Å². The van der Waals surface area contributed by atoms with Crippen molar-refractivity contribution in [2.24, 2.45) is 5.92 Å². The highest BCUT2D eigenvalue weighted by molar-refractivity contribution is 5.25. The smallest absolute Gasteiger partial charge is 0.0318 e. The highest BCUT2D eigenvalue weighted by atomic mass is 15.1. The average molecular weight is 290 g/mol. The Morgan fingerprint density at radius 1 is 1.05 bits per heavy atom. The lowest BCUT2D eigenvalue weighted by Crippen LogP contribution is -2.40. The standard InChI is InChI=1S/C19H34N2/c1-7-16-9-11-17(12-10-16)19(8-2)20-14-18(21(5)6)13-15(3)4/h9-12,15,18-20H,7-8,13-14H2,1-6H3. The Labute approximate surface area is 131 Å². The number of nitrogens with one attached hydrogen (secondary N) is 1. The molecule has 2 nitrogen and oxygen atoms in total. The van der Waals surface area contributed by atoms with Crippen LogP contribution in [-0.2, 0) is 6.42 Å². The Kier molecular flexibility index (Phi) is 7.98. The van der Waals surface area contributed by atoms with Gasteiger partial charge in [-0.05, 0) is 50.4 Å². The normalized spacial score (nSPS) is 14.7. The molecule has 0 aliphatic heterocycles. The summed E-state index contributed by atoms with van der Waals surface area (Å²) in [5, 5.41) is 3.77. The molecule has 0 radical (unpaired) electrons. The molecule has 0 amide bonds. The lowest BCUT2D eigenvalue weighted by molar-refractivity contribution is 0.239. The summed E-state index contributed by atoms with van der Waals surface area (Å²) in [6.07, 6.45) is 3.49. The monoisotopic (exact) mass is 290 g/mol. The summed E-state index contributed by atoms with van der Waals surface area (Å²) in [4.78, 5) is 2.35. The third-order valence-corrected chi connectivity index (χ3v) is 4.27. The fourth-order valence-corrected chi connectivity index (χ4v) is 2.78. The molecule has 0 spiro atoms. The van der Waals surface area contributed by atoms with E-state index in [1.54, 1.807) is 0 Å². The molecule has 2 unspecified atom stereocenters. The van der Waals surface area contributed by atoms with Gasteiger partial charge in [0.05, 0.1) is 0 Å².